The number of rotatable bonds is 6. The molecule has 0 aliphatic carbocycles. The Balaban J connectivity index is 1.70. The zero-order chi connectivity index (χ0) is 18.4. The lowest BCUT2D eigenvalue weighted by Gasteiger charge is -2.10. The topological polar surface area (TPSA) is 73.2 Å². The third-order valence-electron chi connectivity index (χ3n) is 3.91. The minimum absolute atomic E-state index is 0.188. The maximum atomic E-state index is 12.4. The number of nitrogens with zero attached hydrogens (tertiary/aromatic N) is 2. The molecule has 0 aliphatic rings. The monoisotopic (exact) mass is 349 g/mol. The van der Waals surface area contributed by atoms with Gasteiger partial charge >= 0.3 is 0 Å². The number of amides is 1. The highest BCUT2D eigenvalue weighted by atomic mass is 16.5. The van der Waals surface area contributed by atoms with E-state index in [1.165, 1.54) is 16.8 Å². The van der Waals surface area contributed by atoms with E-state index in [-0.39, 0.29) is 17.2 Å². The summed E-state index contributed by atoms with van der Waals surface area (Å²) in [6.07, 6.45) is 0.633. The van der Waals surface area contributed by atoms with E-state index in [0.29, 0.717) is 18.7 Å². The van der Waals surface area contributed by atoms with Gasteiger partial charge in [-0.25, -0.2) is 0 Å². The molecule has 3 rings (SSSR count). The Labute approximate surface area is 151 Å². The minimum atomic E-state index is -0.329. The summed E-state index contributed by atoms with van der Waals surface area (Å²) in [6, 6.07) is 19.4. The third-order valence-corrected chi connectivity index (χ3v) is 3.91. The van der Waals surface area contributed by atoms with Crippen molar-refractivity contribution in [1.29, 1.82) is 0 Å². The molecule has 0 atom stereocenters. The Hall–Kier alpha value is -3.41. The number of para-hydroxylation sites is 2. The van der Waals surface area contributed by atoms with Gasteiger partial charge in [-0.15, -0.1) is 0 Å². The zero-order valence-corrected chi connectivity index (χ0v) is 14.4. The summed E-state index contributed by atoms with van der Waals surface area (Å²) in [5, 5.41) is 6.99. The summed E-state index contributed by atoms with van der Waals surface area (Å²) in [4.78, 5) is 24.4. The second-order valence-electron chi connectivity index (χ2n) is 5.62. The van der Waals surface area contributed by atoms with E-state index in [4.69, 9.17) is 4.74 Å². The molecular formula is C20H19N3O3. The first kappa shape index (κ1) is 17.4. The van der Waals surface area contributed by atoms with Gasteiger partial charge in [0, 0.05) is 12.6 Å². The van der Waals surface area contributed by atoms with Crippen LogP contribution in [0.3, 0.4) is 0 Å². The van der Waals surface area contributed by atoms with Crippen molar-refractivity contribution in [3.63, 3.8) is 0 Å². The summed E-state index contributed by atoms with van der Waals surface area (Å²) >= 11 is 0. The van der Waals surface area contributed by atoms with Crippen molar-refractivity contribution in [2.75, 3.05) is 13.7 Å². The maximum Gasteiger partial charge on any atom is 0.271 e. The number of carbonyl (C=O) groups is 1. The number of ether oxygens (including phenoxy) is 1. The van der Waals surface area contributed by atoms with Gasteiger partial charge in [-0.2, -0.15) is 9.78 Å². The van der Waals surface area contributed by atoms with Crippen LogP contribution in [0.25, 0.3) is 5.69 Å². The van der Waals surface area contributed by atoms with Gasteiger partial charge < -0.3 is 10.1 Å². The molecule has 0 spiro atoms. The molecule has 132 valence electrons. The first-order valence-electron chi connectivity index (χ1n) is 8.25. The molecule has 0 bridgehead atoms. The fourth-order valence-electron chi connectivity index (χ4n) is 2.60. The molecule has 6 nitrogen and oxygen atoms in total. The fourth-order valence-corrected chi connectivity index (χ4v) is 2.60. The van der Waals surface area contributed by atoms with Gasteiger partial charge in [-0.1, -0.05) is 36.4 Å². The fraction of sp³-hybridized carbons (Fsp3) is 0.150. The molecule has 26 heavy (non-hydrogen) atoms. The number of carbonyl (C=O) groups excluding carboxylic acids is 1. The van der Waals surface area contributed by atoms with E-state index < -0.39 is 0 Å². The van der Waals surface area contributed by atoms with Crippen LogP contribution in [0.1, 0.15) is 16.1 Å². The van der Waals surface area contributed by atoms with Crippen LogP contribution in [-0.4, -0.2) is 29.3 Å². The molecule has 1 aromatic heterocycles. The molecule has 0 saturated heterocycles. The van der Waals surface area contributed by atoms with Crippen molar-refractivity contribution in [1.82, 2.24) is 15.1 Å². The Morgan fingerprint density at radius 2 is 1.77 bits per heavy atom. The number of nitrogens with one attached hydrogen (secondary N) is 1. The lowest BCUT2D eigenvalue weighted by Crippen LogP contribution is -2.30. The Morgan fingerprint density at radius 3 is 2.54 bits per heavy atom. The smallest absolute Gasteiger partial charge is 0.271 e. The van der Waals surface area contributed by atoms with Gasteiger partial charge in [0.05, 0.1) is 12.8 Å². The largest absolute Gasteiger partial charge is 0.496 e. The lowest BCUT2D eigenvalue weighted by atomic mass is 10.1. The Morgan fingerprint density at radius 1 is 1.04 bits per heavy atom. The SMILES string of the molecule is COc1ccccc1CCNC(=O)c1ccc(=O)n(-c2ccccc2)n1. The van der Waals surface area contributed by atoms with Crippen LogP contribution in [0.2, 0.25) is 0 Å². The molecular weight excluding hydrogens is 330 g/mol. The number of benzene rings is 2. The molecule has 0 unspecified atom stereocenters. The van der Waals surface area contributed by atoms with Crippen LogP contribution in [0, 0.1) is 0 Å². The molecule has 3 aromatic rings. The van der Waals surface area contributed by atoms with Gasteiger partial charge in [-0.05, 0) is 36.2 Å². The van der Waals surface area contributed by atoms with E-state index in [9.17, 15) is 9.59 Å². The Bertz CT molecular complexity index is 952. The molecule has 6 heteroatoms. The van der Waals surface area contributed by atoms with Gasteiger partial charge in [0.2, 0.25) is 0 Å². The molecule has 0 radical (unpaired) electrons. The molecule has 1 heterocycles. The molecule has 1 N–H and O–H groups in total. The molecule has 1 amide bonds. The minimum Gasteiger partial charge on any atom is -0.496 e. The number of aromatic nitrogens is 2. The first-order chi connectivity index (χ1) is 12.7. The van der Waals surface area contributed by atoms with Crippen molar-refractivity contribution >= 4 is 5.91 Å². The number of hydrogen-bond donors (Lipinski definition) is 1. The van der Waals surface area contributed by atoms with Crippen LogP contribution in [0.4, 0.5) is 0 Å². The predicted octanol–water partition coefficient (Wildman–Crippen LogP) is 2.21. The summed E-state index contributed by atoms with van der Waals surface area (Å²) in [6.45, 7) is 0.436. The number of methoxy groups -OCH3 is 1. The summed E-state index contributed by atoms with van der Waals surface area (Å²) in [5.74, 6) is 0.460. The zero-order valence-electron chi connectivity index (χ0n) is 14.4. The second-order valence-corrected chi connectivity index (χ2v) is 5.62. The quantitative estimate of drug-likeness (QED) is 0.740. The first-order valence-corrected chi connectivity index (χ1v) is 8.25. The Kier molecular flexibility index (Phi) is 5.43. The van der Waals surface area contributed by atoms with Crippen molar-refractivity contribution in [3.05, 3.63) is 88.3 Å². The van der Waals surface area contributed by atoms with Crippen LogP contribution >= 0.6 is 0 Å². The van der Waals surface area contributed by atoms with Gasteiger partial charge in [0.25, 0.3) is 11.5 Å². The van der Waals surface area contributed by atoms with Crippen molar-refractivity contribution < 1.29 is 9.53 Å². The highest BCUT2D eigenvalue weighted by Gasteiger charge is 2.10. The van der Waals surface area contributed by atoms with Gasteiger partial charge in [0.15, 0.2) is 0 Å². The average Bonchev–Trinajstić information content (AvgIpc) is 2.69. The molecule has 0 aliphatic heterocycles. The highest BCUT2D eigenvalue weighted by Crippen LogP contribution is 2.17. The lowest BCUT2D eigenvalue weighted by molar-refractivity contribution is 0.0947. The van der Waals surface area contributed by atoms with Crippen LogP contribution in [0.5, 0.6) is 5.75 Å². The molecule has 0 fully saturated rings. The van der Waals surface area contributed by atoms with E-state index >= 15 is 0 Å². The van der Waals surface area contributed by atoms with Crippen LogP contribution in [-0.2, 0) is 6.42 Å². The second kappa shape index (κ2) is 8.11. The third kappa shape index (κ3) is 3.97. The van der Waals surface area contributed by atoms with Crippen molar-refractivity contribution in [3.8, 4) is 11.4 Å². The van der Waals surface area contributed by atoms with Gasteiger partial charge in [-0.3, -0.25) is 9.59 Å². The normalized spacial score (nSPS) is 10.3. The van der Waals surface area contributed by atoms with E-state index in [0.717, 1.165) is 11.3 Å². The number of hydrogen-bond acceptors (Lipinski definition) is 4. The van der Waals surface area contributed by atoms with Crippen LogP contribution < -0.4 is 15.6 Å². The van der Waals surface area contributed by atoms with Crippen molar-refractivity contribution in [2.45, 2.75) is 6.42 Å². The summed E-state index contributed by atoms with van der Waals surface area (Å²) in [5.41, 5.74) is 1.52. The predicted molar refractivity (Wildman–Crippen MR) is 98.9 cm³/mol. The van der Waals surface area contributed by atoms with Crippen LogP contribution in [0.15, 0.2) is 71.5 Å². The van der Waals surface area contributed by atoms with E-state index in [2.05, 4.69) is 10.4 Å². The van der Waals surface area contributed by atoms with E-state index in [1.54, 1.807) is 19.2 Å². The highest BCUT2D eigenvalue weighted by molar-refractivity contribution is 5.92. The van der Waals surface area contributed by atoms with Crippen molar-refractivity contribution in [2.24, 2.45) is 0 Å². The molecule has 2 aromatic carbocycles. The summed E-state index contributed by atoms with van der Waals surface area (Å²) < 4.78 is 6.52. The summed E-state index contributed by atoms with van der Waals surface area (Å²) in [7, 11) is 1.62. The molecule has 0 saturated carbocycles. The average molecular weight is 349 g/mol. The maximum absolute atomic E-state index is 12.4. The van der Waals surface area contributed by atoms with Gasteiger partial charge in [0.1, 0.15) is 11.4 Å². The standard InChI is InChI=1S/C20H19N3O3/c1-26-18-10-6-5-7-15(18)13-14-21-20(25)17-11-12-19(24)23(22-17)16-8-3-2-4-9-16/h2-12H,13-14H2,1H3,(H,21,25). The van der Waals surface area contributed by atoms with E-state index in [1.807, 2.05) is 42.5 Å².